The van der Waals surface area contributed by atoms with E-state index < -0.39 is 10.1 Å². The van der Waals surface area contributed by atoms with Crippen LogP contribution in [0.3, 0.4) is 0 Å². The minimum atomic E-state index is -3.79. The van der Waals surface area contributed by atoms with Gasteiger partial charge in [-0.3, -0.25) is 4.18 Å². The van der Waals surface area contributed by atoms with E-state index in [-0.39, 0.29) is 23.8 Å². The van der Waals surface area contributed by atoms with Gasteiger partial charge >= 0.3 is 10.1 Å². The Kier molecular flexibility index (Phi) is 4.28. The van der Waals surface area contributed by atoms with Gasteiger partial charge in [-0.05, 0) is 24.6 Å². The molecule has 0 aliphatic rings. The summed E-state index contributed by atoms with van der Waals surface area (Å²) in [5, 5.41) is 0. The van der Waals surface area contributed by atoms with Crippen molar-refractivity contribution in [3.8, 4) is 5.75 Å². The molecule has 1 aromatic rings. The molecule has 16 heavy (non-hydrogen) atoms. The van der Waals surface area contributed by atoms with Crippen molar-refractivity contribution in [2.75, 3.05) is 20.3 Å². The summed E-state index contributed by atoms with van der Waals surface area (Å²) in [6, 6.07) is 4.86. The van der Waals surface area contributed by atoms with Crippen molar-refractivity contribution >= 4 is 10.1 Å². The molecule has 90 valence electrons. The van der Waals surface area contributed by atoms with Crippen LogP contribution in [0, 0.1) is 6.92 Å². The standard InChI is InChI=1S/C10H15NO4S/c1-8-3-4-9(14-2)10(7-8)16(12,13)15-6-5-11/h3-4,7H,5-6,11H2,1-2H3. The van der Waals surface area contributed by atoms with E-state index >= 15 is 0 Å². The van der Waals surface area contributed by atoms with Crippen LogP contribution in [0.1, 0.15) is 5.56 Å². The number of ether oxygens (including phenoxy) is 1. The van der Waals surface area contributed by atoms with Gasteiger partial charge in [0, 0.05) is 6.54 Å². The van der Waals surface area contributed by atoms with Crippen LogP contribution < -0.4 is 10.5 Å². The lowest BCUT2D eigenvalue weighted by Gasteiger charge is -2.09. The van der Waals surface area contributed by atoms with Gasteiger partial charge < -0.3 is 10.5 Å². The van der Waals surface area contributed by atoms with Crippen LogP contribution in [-0.4, -0.2) is 28.7 Å². The van der Waals surface area contributed by atoms with Crippen LogP contribution in [-0.2, 0) is 14.3 Å². The topological polar surface area (TPSA) is 78.6 Å². The Morgan fingerprint density at radius 2 is 2.06 bits per heavy atom. The zero-order valence-corrected chi connectivity index (χ0v) is 10.1. The van der Waals surface area contributed by atoms with E-state index in [1.807, 2.05) is 0 Å². The Morgan fingerprint density at radius 1 is 1.38 bits per heavy atom. The van der Waals surface area contributed by atoms with Gasteiger partial charge in [-0.25, -0.2) is 0 Å². The van der Waals surface area contributed by atoms with Crippen LogP contribution in [0.5, 0.6) is 5.75 Å². The van der Waals surface area contributed by atoms with Crippen LogP contribution in [0.15, 0.2) is 23.1 Å². The molecule has 0 saturated heterocycles. The van der Waals surface area contributed by atoms with Crippen molar-refractivity contribution in [1.82, 2.24) is 0 Å². The largest absolute Gasteiger partial charge is 0.495 e. The highest BCUT2D eigenvalue weighted by Gasteiger charge is 2.20. The highest BCUT2D eigenvalue weighted by molar-refractivity contribution is 7.86. The van der Waals surface area contributed by atoms with E-state index in [1.54, 1.807) is 19.1 Å². The number of nitrogens with two attached hydrogens (primary N) is 1. The Labute approximate surface area is 95.3 Å². The highest BCUT2D eigenvalue weighted by Crippen LogP contribution is 2.26. The molecule has 0 atom stereocenters. The first-order valence-corrected chi connectivity index (χ1v) is 6.16. The maximum atomic E-state index is 11.8. The Balaban J connectivity index is 3.15. The van der Waals surface area contributed by atoms with Gasteiger partial charge in [0.15, 0.2) is 0 Å². The minimum Gasteiger partial charge on any atom is -0.495 e. The lowest BCUT2D eigenvalue weighted by atomic mass is 10.2. The first kappa shape index (κ1) is 13.0. The molecule has 0 radical (unpaired) electrons. The summed E-state index contributed by atoms with van der Waals surface area (Å²) in [6.45, 7) is 1.90. The van der Waals surface area contributed by atoms with Crippen molar-refractivity contribution < 1.29 is 17.3 Å². The fourth-order valence-electron chi connectivity index (χ4n) is 1.20. The molecule has 0 aromatic heterocycles. The third-order valence-electron chi connectivity index (χ3n) is 1.94. The van der Waals surface area contributed by atoms with Gasteiger partial charge in [-0.15, -0.1) is 0 Å². The van der Waals surface area contributed by atoms with Gasteiger partial charge in [0.05, 0.1) is 13.7 Å². The molecule has 6 heteroatoms. The molecule has 0 saturated carbocycles. The molecule has 1 aromatic carbocycles. The monoisotopic (exact) mass is 245 g/mol. The summed E-state index contributed by atoms with van der Waals surface area (Å²) in [5.41, 5.74) is 6.01. The Hall–Kier alpha value is -1.11. The quantitative estimate of drug-likeness (QED) is 0.771. The summed E-state index contributed by atoms with van der Waals surface area (Å²) in [5.74, 6) is 0.266. The number of hydrogen-bond donors (Lipinski definition) is 1. The molecule has 1 rings (SSSR count). The molecule has 0 aliphatic heterocycles. The summed E-state index contributed by atoms with van der Waals surface area (Å²) < 4.78 is 33.2. The summed E-state index contributed by atoms with van der Waals surface area (Å²) in [7, 11) is -2.38. The molecule has 0 fully saturated rings. The van der Waals surface area contributed by atoms with E-state index in [9.17, 15) is 8.42 Å². The van der Waals surface area contributed by atoms with E-state index in [0.29, 0.717) is 0 Å². The van der Waals surface area contributed by atoms with Crippen molar-refractivity contribution in [1.29, 1.82) is 0 Å². The smallest absolute Gasteiger partial charge is 0.300 e. The van der Waals surface area contributed by atoms with Crippen molar-refractivity contribution in [3.63, 3.8) is 0 Å². The van der Waals surface area contributed by atoms with Crippen molar-refractivity contribution in [2.45, 2.75) is 11.8 Å². The molecule has 0 bridgehead atoms. The van der Waals surface area contributed by atoms with E-state index in [1.165, 1.54) is 13.2 Å². The van der Waals surface area contributed by atoms with Gasteiger partial charge in [-0.2, -0.15) is 8.42 Å². The zero-order chi connectivity index (χ0) is 12.2. The van der Waals surface area contributed by atoms with Crippen LogP contribution >= 0.6 is 0 Å². The van der Waals surface area contributed by atoms with E-state index in [4.69, 9.17) is 14.7 Å². The molecule has 0 heterocycles. The lowest BCUT2D eigenvalue weighted by Crippen LogP contribution is -2.15. The fraction of sp³-hybridized carbons (Fsp3) is 0.400. The molecule has 0 unspecified atom stereocenters. The number of aryl methyl sites for hydroxylation is 1. The summed E-state index contributed by atoms with van der Waals surface area (Å²) >= 11 is 0. The molecular formula is C10H15NO4S. The Morgan fingerprint density at radius 3 is 2.62 bits per heavy atom. The lowest BCUT2D eigenvalue weighted by molar-refractivity contribution is 0.323. The second-order valence-electron chi connectivity index (χ2n) is 3.22. The SMILES string of the molecule is COc1ccc(C)cc1S(=O)(=O)OCCN. The van der Waals surface area contributed by atoms with Crippen LogP contribution in [0.2, 0.25) is 0 Å². The first-order valence-electron chi connectivity index (χ1n) is 4.75. The molecule has 5 nitrogen and oxygen atoms in total. The second kappa shape index (κ2) is 5.29. The van der Waals surface area contributed by atoms with Crippen molar-refractivity contribution in [3.05, 3.63) is 23.8 Å². The van der Waals surface area contributed by atoms with Gasteiger partial charge in [0.2, 0.25) is 0 Å². The fourth-order valence-corrected chi connectivity index (χ4v) is 2.37. The average Bonchev–Trinajstić information content (AvgIpc) is 2.26. The van der Waals surface area contributed by atoms with Gasteiger partial charge in [-0.1, -0.05) is 6.07 Å². The molecule has 0 spiro atoms. The average molecular weight is 245 g/mol. The number of rotatable bonds is 5. The maximum absolute atomic E-state index is 11.8. The molecular weight excluding hydrogens is 230 g/mol. The minimum absolute atomic E-state index is 0.0310. The third-order valence-corrected chi connectivity index (χ3v) is 3.28. The summed E-state index contributed by atoms with van der Waals surface area (Å²) in [6.07, 6.45) is 0. The Bertz CT molecular complexity index is 456. The van der Waals surface area contributed by atoms with Gasteiger partial charge in [0.1, 0.15) is 10.6 Å². The molecule has 2 N–H and O–H groups in total. The normalized spacial score (nSPS) is 11.4. The predicted molar refractivity (Wildman–Crippen MR) is 59.9 cm³/mol. The van der Waals surface area contributed by atoms with E-state index in [2.05, 4.69) is 0 Å². The third kappa shape index (κ3) is 2.94. The number of benzene rings is 1. The number of methoxy groups -OCH3 is 1. The summed E-state index contributed by atoms with van der Waals surface area (Å²) in [4.78, 5) is 0.0310. The van der Waals surface area contributed by atoms with Crippen LogP contribution in [0.25, 0.3) is 0 Å². The highest BCUT2D eigenvalue weighted by atomic mass is 32.2. The zero-order valence-electron chi connectivity index (χ0n) is 9.26. The van der Waals surface area contributed by atoms with E-state index in [0.717, 1.165) is 5.56 Å². The first-order chi connectivity index (χ1) is 7.51. The predicted octanol–water partition coefficient (Wildman–Crippen LogP) is 0.668. The second-order valence-corrected chi connectivity index (χ2v) is 4.80. The molecule has 0 aliphatic carbocycles. The number of hydrogen-bond acceptors (Lipinski definition) is 5. The van der Waals surface area contributed by atoms with Crippen LogP contribution in [0.4, 0.5) is 0 Å². The van der Waals surface area contributed by atoms with Crippen molar-refractivity contribution in [2.24, 2.45) is 5.73 Å². The van der Waals surface area contributed by atoms with Gasteiger partial charge in [0.25, 0.3) is 0 Å². The molecule has 0 amide bonds. The maximum Gasteiger partial charge on any atom is 0.300 e.